The lowest BCUT2D eigenvalue weighted by Gasteiger charge is -2.13. The number of aryl methyl sites for hydroxylation is 1. The van der Waals surface area contributed by atoms with Crippen molar-refractivity contribution < 1.29 is 21.6 Å². The number of sulfonamides is 1. The quantitative estimate of drug-likeness (QED) is 0.857. The molecule has 130 valence electrons. The summed E-state index contributed by atoms with van der Waals surface area (Å²) in [5.41, 5.74) is 0.859. The van der Waals surface area contributed by atoms with Gasteiger partial charge in [-0.25, -0.2) is 13.1 Å². The van der Waals surface area contributed by atoms with Crippen molar-refractivity contribution in [1.29, 1.82) is 0 Å². The third kappa shape index (κ3) is 5.07. The van der Waals surface area contributed by atoms with E-state index in [9.17, 15) is 21.6 Å². The van der Waals surface area contributed by atoms with Crippen molar-refractivity contribution >= 4 is 10.0 Å². The van der Waals surface area contributed by atoms with Gasteiger partial charge in [-0.05, 0) is 36.1 Å². The summed E-state index contributed by atoms with van der Waals surface area (Å²) < 4.78 is 65.3. The summed E-state index contributed by atoms with van der Waals surface area (Å²) >= 11 is 0. The Hall–Kier alpha value is -1.86. The van der Waals surface area contributed by atoms with Crippen LogP contribution in [0.4, 0.5) is 13.2 Å². The molecule has 0 spiro atoms. The maximum absolute atomic E-state index is 12.9. The average molecular weight is 357 g/mol. The fourth-order valence-corrected chi connectivity index (χ4v) is 3.59. The highest BCUT2D eigenvalue weighted by molar-refractivity contribution is 7.88. The standard InChI is InChI=1S/C17H18F3NO2S/c1-13-6-2-3-7-14(13)10-11-21-24(22,23)12-15-8-4-5-9-16(15)17(18,19)20/h2-9,21H,10-12H2,1H3. The van der Waals surface area contributed by atoms with Gasteiger partial charge in [-0.2, -0.15) is 13.2 Å². The normalized spacial score (nSPS) is 12.3. The van der Waals surface area contributed by atoms with Crippen LogP contribution in [0.2, 0.25) is 0 Å². The van der Waals surface area contributed by atoms with Crippen molar-refractivity contribution in [2.45, 2.75) is 25.3 Å². The molecule has 0 atom stereocenters. The molecule has 0 unspecified atom stereocenters. The van der Waals surface area contributed by atoms with Gasteiger partial charge in [0, 0.05) is 6.54 Å². The third-order valence-corrected chi connectivity index (χ3v) is 4.98. The van der Waals surface area contributed by atoms with Gasteiger partial charge in [0.15, 0.2) is 0 Å². The lowest BCUT2D eigenvalue weighted by atomic mass is 10.1. The number of nitrogens with one attached hydrogen (secondary N) is 1. The monoisotopic (exact) mass is 357 g/mol. The molecule has 2 aromatic rings. The zero-order chi connectivity index (χ0) is 17.8. The van der Waals surface area contributed by atoms with E-state index >= 15 is 0 Å². The summed E-state index contributed by atoms with van der Waals surface area (Å²) in [7, 11) is -3.85. The SMILES string of the molecule is Cc1ccccc1CCNS(=O)(=O)Cc1ccccc1C(F)(F)F. The summed E-state index contributed by atoms with van der Waals surface area (Å²) in [5.74, 6) is -0.698. The van der Waals surface area contributed by atoms with Crippen molar-refractivity contribution in [1.82, 2.24) is 4.72 Å². The van der Waals surface area contributed by atoms with Gasteiger partial charge in [-0.1, -0.05) is 42.5 Å². The molecule has 24 heavy (non-hydrogen) atoms. The molecule has 0 saturated heterocycles. The molecule has 7 heteroatoms. The zero-order valence-electron chi connectivity index (χ0n) is 13.1. The molecule has 2 aromatic carbocycles. The van der Waals surface area contributed by atoms with Gasteiger partial charge in [0.1, 0.15) is 0 Å². The molecule has 0 aliphatic rings. The first-order valence-electron chi connectivity index (χ1n) is 7.36. The molecule has 2 rings (SSSR count). The van der Waals surface area contributed by atoms with Gasteiger partial charge in [0.25, 0.3) is 0 Å². The maximum Gasteiger partial charge on any atom is 0.416 e. The molecule has 0 aliphatic heterocycles. The first-order valence-corrected chi connectivity index (χ1v) is 9.01. The summed E-state index contributed by atoms with van der Waals surface area (Å²) in [6.07, 6.45) is -4.10. The van der Waals surface area contributed by atoms with Gasteiger partial charge < -0.3 is 0 Å². The predicted molar refractivity (Wildman–Crippen MR) is 87.0 cm³/mol. The van der Waals surface area contributed by atoms with E-state index in [0.717, 1.165) is 17.2 Å². The van der Waals surface area contributed by atoms with Crippen LogP contribution in [0, 0.1) is 6.92 Å². The molecule has 0 aromatic heterocycles. The molecule has 0 fully saturated rings. The van der Waals surface area contributed by atoms with Crippen molar-refractivity contribution in [3.8, 4) is 0 Å². The number of halogens is 3. The van der Waals surface area contributed by atoms with Crippen molar-refractivity contribution in [3.05, 3.63) is 70.8 Å². The molecule has 1 N–H and O–H groups in total. The van der Waals surface area contributed by atoms with Gasteiger partial charge in [-0.15, -0.1) is 0 Å². The molecule has 3 nitrogen and oxygen atoms in total. The molecule has 0 radical (unpaired) electrons. The van der Waals surface area contributed by atoms with Crippen molar-refractivity contribution in [2.75, 3.05) is 6.54 Å². The number of benzene rings is 2. The minimum atomic E-state index is -4.58. The second-order valence-corrected chi connectivity index (χ2v) is 7.29. The lowest BCUT2D eigenvalue weighted by Crippen LogP contribution is -2.28. The van der Waals surface area contributed by atoms with Crippen molar-refractivity contribution in [2.24, 2.45) is 0 Å². The Bertz CT molecular complexity index is 801. The largest absolute Gasteiger partial charge is 0.416 e. The number of alkyl halides is 3. The van der Waals surface area contributed by atoms with Crippen LogP contribution in [-0.2, 0) is 28.4 Å². The van der Waals surface area contributed by atoms with Crippen LogP contribution < -0.4 is 4.72 Å². The number of hydrogen-bond acceptors (Lipinski definition) is 2. The first-order chi connectivity index (χ1) is 11.2. The topological polar surface area (TPSA) is 46.2 Å². The van der Waals surface area contributed by atoms with Crippen LogP contribution in [0.3, 0.4) is 0 Å². The maximum atomic E-state index is 12.9. The highest BCUT2D eigenvalue weighted by Crippen LogP contribution is 2.32. The fourth-order valence-electron chi connectivity index (χ4n) is 2.41. The van der Waals surface area contributed by atoms with E-state index in [1.54, 1.807) is 0 Å². The highest BCUT2D eigenvalue weighted by atomic mass is 32.2. The van der Waals surface area contributed by atoms with Crippen LogP contribution in [-0.4, -0.2) is 15.0 Å². The van der Waals surface area contributed by atoms with Crippen LogP contribution >= 0.6 is 0 Å². The number of rotatable bonds is 6. The minimum absolute atomic E-state index is 0.140. The Labute approximate surface area is 139 Å². The third-order valence-electron chi connectivity index (χ3n) is 3.65. The molecule has 0 amide bonds. The Morgan fingerprint density at radius 2 is 1.54 bits per heavy atom. The summed E-state index contributed by atoms with van der Waals surface area (Å²) in [6.45, 7) is 2.06. The van der Waals surface area contributed by atoms with Gasteiger partial charge >= 0.3 is 6.18 Å². The van der Waals surface area contributed by atoms with Gasteiger partial charge in [-0.3, -0.25) is 0 Å². The molecular formula is C17H18F3NO2S. The van der Waals surface area contributed by atoms with Crippen LogP contribution in [0.1, 0.15) is 22.3 Å². The Balaban J connectivity index is 2.04. The van der Waals surface area contributed by atoms with E-state index in [2.05, 4.69) is 4.72 Å². The highest BCUT2D eigenvalue weighted by Gasteiger charge is 2.33. The Kier molecular flexibility index (Phi) is 5.66. The smallest absolute Gasteiger partial charge is 0.215 e. The van der Waals surface area contributed by atoms with E-state index < -0.39 is 27.5 Å². The Morgan fingerprint density at radius 3 is 2.17 bits per heavy atom. The van der Waals surface area contributed by atoms with Gasteiger partial charge in [0.05, 0.1) is 11.3 Å². The second kappa shape index (κ2) is 7.36. The van der Waals surface area contributed by atoms with E-state index in [0.29, 0.717) is 6.42 Å². The van der Waals surface area contributed by atoms with Crippen LogP contribution in [0.5, 0.6) is 0 Å². The van der Waals surface area contributed by atoms with Gasteiger partial charge in [0.2, 0.25) is 10.0 Å². The first kappa shape index (κ1) is 18.5. The lowest BCUT2D eigenvalue weighted by molar-refractivity contribution is -0.138. The van der Waals surface area contributed by atoms with E-state index in [4.69, 9.17) is 0 Å². The van der Waals surface area contributed by atoms with E-state index in [1.807, 2.05) is 31.2 Å². The van der Waals surface area contributed by atoms with Crippen LogP contribution in [0.15, 0.2) is 48.5 Å². The Morgan fingerprint density at radius 1 is 0.958 bits per heavy atom. The molecule has 0 bridgehead atoms. The van der Waals surface area contributed by atoms with Crippen molar-refractivity contribution in [3.63, 3.8) is 0 Å². The molecule has 0 heterocycles. The predicted octanol–water partition coefficient (Wildman–Crippen LogP) is 3.68. The van der Waals surface area contributed by atoms with E-state index in [1.165, 1.54) is 18.2 Å². The second-order valence-electron chi connectivity index (χ2n) is 5.48. The average Bonchev–Trinajstić information content (AvgIpc) is 2.48. The van der Waals surface area contributed by atoms with Crippen LogP contribution in [0.25, 0.3) is 0 Å². The molecular weight excluding hydrogens is 339 g/mol. The summed E-state index contributed by atoms with van der Waals surface area (Å²) in [6, 6.07) is 12.3. The van der Waals surface area contributed by atoms with E-state index in [-0.39, 0.29) is 12.1 Å². The zero-order valence-corrected chi connectivity index (χ0v) is 13.9. The number of hydrogen-bond donors (Lipinski definition) is 1. The molecule has 0 aliphatic carbocycles. The molecule has 0 saturated carbocycles. The minimum Gasteiger partial charge on any atom is -0.215 e. The fraction of sp³-hybridized carbons (Fsp3) is 0.294. The summed E-state index contributed by atoms with van der Waals surface area (Å²) in [5, 5.41) is 0. The summed E-state index contributed by atoms with van der Waals surface area (Å²) in [4.78, 5) is 0.